The first-order valence-corrected chi connectivity index (χ1v) is 7.45. The Morgan fingerprint density at radius 1 is 1.00 bits per heavy atom. The van der Waals surface area contributed by atoms with Crippen LogP contribution in [0, 0.1) is 0 Å². The fourth-order valence-electron chi connectivity index (χ4n) is 2.39. The molecule has 2 aromatic rings. The molecule has 0 bridgehead atoms. The molecule has 2 aromatic carbocycles. The number of aliphatic hydroxyl groups excluding tert-OH is 1. The van der Waals surface area contributed by atoms with Gasteiger partial charge in [0, 0.05) is 5.02 Å². The number of rotatable bonds is 5. The molecule has 118 valence electrons. The summed E-state index contributed by atoms with van der Waals surface area (Å²) in [6.45, 7) is -0.144. The molecule has 3 rings (SSSR count). The lowest BCUT2D eigenvalue weighted by atomic mass is 10.1. The summed E-state index contributed by atoms with van der Waals surface area (Å²) >= 11 is 5.78. The standard InChI is InChI=1S/C17H14ClNO4/c18-11-5-7-13(8-6-11)23-10-12(20)9-19-16(21)14-3-1-2-4-15(14)17(19)22/h1-8,12,20H,9-10H2/t12-/m1/s1. The minimum atomic E-state index is -0.979. The Morgan fingerprint density at radius 3 is 2.13 bits per heavy atom. The van der Waals surface area contributed by atoms with Crippen molar-refractivity contribution in [3.63, 3.8) is 0 Å². The van der Waals surface area contributed by atoms with Gasteiger partial charge < -0.3 is 9.84 Å². The maximum atomic E-state index is 12.2. The zero-order valence-electron chi connectivity index (χ0n) is 12.1. The van der Waals surface area contributed by atoms with Crippen LogP contribution in [-0.4, -0.2) is 41.1 Å². The number of benzene rings is 2. The van der Waals surface area contributed by atoms with E-state index in [0.29, 0.717) is 21.9 Å². The zero-order chi connectivity index (χ0) is 16.4. The summed E-state index contributed by atoms with van der Waals surface area (Å²) in [5, 5.41) is 10.6. The molecule has 0 radical (unpaired) electrons. The molecule has 1 aliphatic rings. The van der Waals surface area contributed by atoms with Gasteiger partial charge >= 0.3 is 0 Å². The molecule has 0 spiro atoms. The Morgan fingerprint density at radius 2 is 1.57 bits per heavy atom. The molecule has 0 fully saturated rings. The SMILES string of the molecule is O=C1c2ccccc2C(=O)N1C[C@@H](O)COc1ccc(Cl)cc1. The van der Waals surface area contributed by atoms with E-state index in [4.69, 9.17) is 16.3 Å². The number of halogens is 1. The number of aliphatic hydroxyl groups is 1. The van der Waals surface area contributed by atoms with Crippen molar-refractivity contribution in [2.24, 2.45) is 0 Å². The van der Waals surface area contributed by atoms with Gasteiger partial charge in [-0.05, 0) is 36.4 Å². The van der Waals surface area contributed by atoms with Gasteiger partial charge in [-0.15, -0.1) is 0 Å². The molecule has 5 nitrogen and oxygen atoms in total. The number of amides is 2. The third-order valence-corrected chi connectivity index (χ3v) is 3.78. The highest BCUT2D eigenvalue weighted by molar-refractivity contribution is 6.30. The second kappa shape index (κ2) is 6.40. The van der Waals surface area contributed by atoms with E-state index in [1.165, 1.54) is 0 Å². The second-order valence-corrected chi connectivity index (χ2v) is 5.62. The predicted molar refractivity (Wildman–Crippen MR) is 84.8 cm³/mol. The summed E-state index contributed by atoms with van der Waals surface area (Å²) < 4.78 is 5.42. The van der Waals surface area contributed by atoms with Crippen LogP contribution in [0.15, 0.2) is 48.5 Å². The van der Waals surface area contributed by atoms with Crippen molar-refractivity contribution in [1.29, 1.82) is 0 Å². The molecule has 6 heteroatoms. The summed E-state index contributed by atoms with van der Waals surface area (Å²) in [4.78, 5) is 25.4. The highest BCUT2D eigenvalue weighted by Crippen LogP contribution is 2.22. The average molecular weight is 332 g/mol. The smallest absolute Gasteiger partial charge is 0.261 e. The fourth-order valence-corrected chi connectivity index (χ4v) is 2.52. The number of nitrogens with zero attached hydrogens (tertiary/aromatic N) is 1. The van der Waals surface area contributed by atoms with Gasteiger partial charge in [0.1, 0.15) is 18.5 Å². The van der Waals surface area contributed by atoms with Gasteiger partial charge in [0.25, 0.3) is 11.8 Å². The third-order valence-electron chi connectivity index (χ3n) is 3.53. The van der Waals surface area contributed by atoms with Crippen LogP contribution in [0.5, 0.6) is 5.75 Å². The molecule has 1 N–H and O–H groups in total. The summed E-state index contributed by atoms with van der Waals surface area (Å²) in [6, 6.07) is 13.3. The van der Waals surface area contributed by atoms with E-state index in [-0.39, 0.29) is 13.2 Å². The van der Waals surface area contributed by atoms with Crippen LogP contribution in [0.3, 0.4) is 0 Å². The van der Waals surface area contributed by atoms with Crippen LogP contribution in [0.1, 0.15) is 20.7 Å². The maximum absolute atomic E-state index is 12.2. The number of ether oxygens (including phenoxy) is 1. The lowest BCUT2D eigenvalue weighted by molar-refractivity contribution is 0.0457. The van der Waals surface area contributed by atoms with E-state index in [1.54, 1.807) is 48.5 Å². The summed E-state index contributed by atoms with van der Waals surface area (Å²) in [5.74, 6) is -0.233. The largest absolute Gasteiger partial charge is 0.491 e. The van der Waals surface area contributed by atoms with Crippen molar-refractivity contribution in [3.8, 4) is 5.75 Å². The first-order valence-electron chi connectivity index (χ1n) is 7.08. The normalized spacial score (nSPS) is 14.8. The Balaban J connectivity index is 1.60. The lowest BCUT2D eigenvalue weighted by Gasteiger charge is -2.18. The van der Waals surface area contributed by atoms with Gasteiger partial charge in [0.2, 0.25) is 0 Å². The number of hydrogen-bond donors (Lipinski definition) is 1. The number of imide groups is 1. The number of carbonyl (C=O) groups excluding carboxylic acids is 2. The van der Waals surface area contributed by atoms with Crippen molar-refractivity contribution in [2.45, 2.75) is 6.10 Å². The van der Waals surface area contributed by atoms with Gasteiger partial charge in [0.05, 0.1) is 17.7 Å². The second-order valence-electron chi connectivity index (χ2n) is 5.19. The average Bonchev–Trinajstić information content (AvgIpc) is 2.80. The molecule has 0 saturated heterocycles. The van der Waals surface area contributed by atoms with E-state index in [0.717, 1.165) is 4.90 Å². The van der Waals surface area contributed by atoms with Gasteiger partial charge in [-0.25, -0.2) is 0 Å². The van der Waals surface area contributed by atoms with Crippen molar-refractivity contribution in [1.82, 2.24) is 4.90 Å². The molecule has 23 heavy (non-hydrogen) atoms. The van der Waals surface area contributed by atoms with Crippen LogP contribution in [0.2, 0.25) is 5.02 Å². The van der Waals surface area contributed by atoms with Crippen molar-refractivity contribution < 1.29 is 19.4 Å². The molecule has 0 saturated carbocycles. The first-order chi connectivity index (χ1) is 11.1. The number of β-amino-alcohol motifs (C(OH)–C–C–N with tert-alkyl or cyclic N) is 1. The monoisotopic (exact) mass is 331 g/mol. The molecular weight excluding hydrogens is 318 g/mol. The fraction of sp³-hybridized carbons (Fsp3) is 0.176. The first kappa shape index (κ1) is 15.5. The Bertz CT molecular complexity index is 710. The van der Waals surface area contributed by atoms with Crippen LogP contribution < -0.4 is 4.74 Å². The predicted octanol–water partition coefficient (Wildman–Crippen LogP) is 2.38. The molecule has 0 aromatic heterocycles. The highest BCUT2D eigenvalue weighted by atomic mass is 35.5. The Labute approximate surface area is 138 Å². The molecule has 1 heterocycles. The third kappa shape index (κ3) is 3.21. The number of fused-ring (bicyclic) bond motifs is 1. The summed E-state index contributed by atoms with van der Waals surface area (Å²) in [7, 11) is 0. The van der Waals surface area contributed by atoms with Crippen molar-refractivity contribution in [3.05, 3.63) is 64.7 Å². The molecule has 0 aliphatic carbocycles. The highest BCUT2D eigenvalue weighted by Gasteiger charge is 2.36. The Hall–Kier alpha value is -2.37. The minimum absolute atomic E-state index is 0.0327. The zero-order valence-corrected chi connectivity index (χ0v) is 12.9. The Kier molecular flexibility index (Phi) is 4.32. The van der Waals surface area contributed by atoms with Crippen LogP contribution >= 0.6 is 11.6 Å². The van der Waals surface area contributed by atoms with Crippen molar-refractivity contribution >= 4 is 23.4 Å². The molecule has 2 amide bonds. The summed E-state index contributed by atoms with van der Waals surface area (Å²) in [6.07, 6.45) is -0.979. The summed E-state index contributed by atoms with van der Waals surface area (Å²) in [5.41, 5.74) is 0.728. The number of carbonyl (C=O) groups is 2. The molecule has 0 unspecified atom stereocenters. The van der Waals surface area contributed by atoms with E-state index in [1.807, 2.05) is 0 Å². The van der Waals surface area contributed by atoms with E-state index in [2.05, 4.69) is 0 Å². The van der Waals surface area contributed by atoms with Gasteiger partial charge in [-0.1, -0.05) is 23.7 Å². The van der Waals surface area contributed by atoms with E-state index in [9.17, 15) is 14.7 Å². The van der Waals surface area contributed by atoms with E-state index < -0.39 is 17.9 Å². The lowest BCUT2D eigenvalue weighted by Crippen LogP contribution is -2.39. The molecule has 1 aliphatic heterocycles. The molecular formula is C17H14ClNO4. The maximum Gasteiger partial charge on any atom is 0.261 e. The minimum Gasteiger partial charge on any atom is -0.491 e. The van der Waals surface area contributed by atoms with Crippen LogP contribution in [0.25, 0.3) is 0 Å². The van der Waals surface area contributed by atoms with Gasteiger partial charge in [-0.3, -0.25) is 14.5 Å². The topological polar surface area (TPSA) is 66.8 Å². The van der Waals surface area contributed by atoms with Gasteiger partial charge in [-0.2, -0.15) is 0 Å². The molecule has 1 atom stereocenters. The van der Waals surface area contributed by atoms with Crippen LogP contribution in [0.4, 0.5) is 0 Å². The van der Waals surface area contributed by atoms with Crippen LogP contribution in [-0.2, 0) is 0 Å². The van der Waals surface area contributed by atoms with Gasteiger partial charge in [0.15, 0.2) is 0 Å². The van der Waals surface area contributed by atoms with Crippen molar-refractivity contribution in [2.75, 3.05) is 13.2 Å². The van der Waals surface area contributed by atoms with E-state index >= 15 is 0 Å². The quantitative estimate of drug-likeness (QED) is 0.854. The number of hydrogen-bond acceptors (Lipinski definition) is 4.